The molecule has 5 nitrogen and oxygen atoms in total. The number of amides is 1. The summed E-state index contributed by atoms with van der Waals surface area (Å²) in [7, 11) is 0. The summed E-state index contributed by atoms with van der Waals surface area (Å²) in [5.74, 6) is 1.14. The summed E-state index contributed by atoms with van der Waals surface area (Å²) >= 11 is 1.50. The van der Waals surface area contributed by atoms with E-state index in [0.717, 1.165) is 36.4 Å². The molecule has 1 amide bonds. The van der Waals surface area contributed by atoms with E-state index in [0.29, 0.717) is 23.1 Å². The first-order valence-electron chi connectivity index (χ1n) is 8.06. The van der Waals surface area contributed by atoms with Gasteiger partial charge in [0.1, 0.15) is 0 Å². The molecular formula is C17H22N2O3S. The standard InChI is InChI=1S/C17H22N2O3S/c1-11(2)8-12-9-13(22-19-12)10-18-17(20)16-6-5-15(23-16)14-4-3-7-21-14/h5-6,9,11,14H,3-4,7-8,10H2,1-2H3,(H,18,20)/t14-/m1/s1. The minimum absolute atomic E-state index is 0.0824. The minimum Gasteiger partial charge on any atom is -0.373 e. The first-order chi connectivity index (χ1) is 11.1. The Balaban J connectivity index is 1.53. The molecular weight excluding hydrogens is 312 g/mol. The molecule has 0 bridgehead atoms. The highest BCUT2D eigenvalue weighted by Crippen LogP contribution is 2.33. The number of rotatable bonds is 6. The number of hydrogen-bond donors (Lipinski definition) is 1. The van der Waals surface area contributed by atoms with Crippen molar-refractivity contribution in [3.63, 3.8) is 0 Å². The molecule has 1 N–H and O–H groups in total. The normalized spacial score (nSPS) is 17.8. The van der Waals surface area contributed by atoms with Crippen molar-refractivity contribution in [3.8, 4) is 0 Å². The number of ether oxygens (including phenoxy) is 1. The molecule has 0 unspecified atom stereocenters. The van der Waals surface area contributed by atoms with Gasteiger partial charge in [0.05, 0.1) is 23.2 Å². The largest absolute Gasteiger partial charge is 0.373 e. The van der Waals surface area contributed by atoms with Gasteiger partial charge in [-0.1, -0.05) is 19.0 Å². The predicted octanol–water partition coefficient (Wildman–Crippen LogP) is 3.72. The summed E-state index contributed by atoms with van der Waals surface area (Å²) in [6, 6.07) is 5.76. The monoisotopic (exact) mass is 334 g/mol. The van der Waals surface area contributed by atoms with Crippen LogP contribution in [0.5, 0.6) is 0 Å². The van der Waals surface area contributed by atoms with Crippen LogP contribution in [0.25, 0.3) is 0 Å². The molecule has 3 rings (SSSR count). The smallest absolute Gasteiger partial charge is 0.261 e. The molecule has 0 radical (unpaired) electrons. The van der Waals surface area contributed by atoms with E-state index in [1.165, 1.54) is 11.3 Å². The van der Waals surface area contributed by atoms with Crippen LogP contribution in [-0.2, 0) is 17.7 Å². The van der Waals surface area contributed by atoms with E-state index in [1.54, 1.807) is 0 Å². The predicted molar refractivity (Wildman–Crippen MR) is 88.5 cm³/mol. The lowest BCUT2D eigenvalue weighted by Gasteiger charge is -2.05. The molecule has 2 aromatic heterocycles. The second-order valence-corrected chi connectivity index (χ2v) is 7.38. The van der Waals surface area contributed by atoms with Crippen molar-refractivity contribution in [2.75, 3.05) is 6.61 Å². The molecule has 1 atom stereocenters. The zero-order valence-electron chi connectivity index (χ0n) is 13.5. The van der Waals surface area contributed by atoms with Crippen LogP contribution >= 0.6 is 11.3 Å². The maximum atomic E-state index is 12.2. The van der Waals surface area contributed by atoms with Gasteiger partial charge in [0, 0.05) is 17.6 Å². The molecule has 124 valence electrons. The van der Waals surface area contributed by atoms with Gasteiger partial charge in [-0.3, -0.25) is 4.79 Å². The van der Waals surface area contributed by atoms with Gasteiger partial charge in [-0.25, -0.2) is 0 Å². The SMILES string of the molecule is CC(C)Cc1cc(CNC(=O)c2ccc([C@H]3CCCO3)s2)on1. The Bertz CT molecular complexity index is 656. The van der Waals surface area contributed by atoms with Crippen molar-refractivity contribution in [1.82, 2.24) is 10.5 Å². The fourth-order valence-corrected chi connectivity index (χ4v) is 3.67. The third-order valence-electron chi connectivity index (χ3n) is 3.75. The van der Waals surface area contributed by atoms with E-state index in [9.17, 15) is 4.79 Å². The van der Waals surface area contributed by atoms with Crippen LogP contribution in [0.3, 0.4) is 0 Å². The molecule has 1 saturated heterocycles. The van der Waals surface area contributed by atoms with Gasteiger partial charge in [-0.05, 0) is 37.3 Å². The van der Waals surface area contributed by atoms with Crippen LogP contribution in [0.15, 0.2) is 22.7 Å². The quantitative estimate of drug-likeness (QED) is 0.874. The summed E-state index contributed by atoms with van der Waals surface area (Å²) in [6.07, 6.45) is 3.18. The van der Waals surface area contributed by atoms with E-state index < -0.39 is 0 Å². The zero-order chi connectivity index (χ0) is 16.2. The van der Waals surface area contributed by atoms with Gasteiger partial charge in [-0.2, -0.15) is 0 Å². The van der Waals surface area contributed by atoms with Gasteiger partial charge in [0.2, 0.25) is 0 Å². The summed E-state index contributed by atoms with van der Waals surface area (Å²) < 4.78 is 10.9. The molecule has 0 aliphatic carbocycles. The number of carbonyl (C=O) groups is 1. The van der Waals surface area contributed by atoms with Crippen LogP contribution in [0.1, 0.15) is 58.8 Å². The van der Waals surface area contributed by atoms with E-state index >= 15 is 0 Å². The molecule has 0 aromatic carbocycles. The Labute approximate surface area is 140 Å². The second kappa shape index (κ2) is 7.27. The lowest BCUT2D eigenvalue weighted by atomic mass is 10.1. The summed E-state index contributed by atoms with van der Waals surface area (Å²) in [5, 5.41) is 6.91. The third-order valence-corrected chi connectivity index (χ3v) is 4.92. The maximum absolute atomic E-state index is 12.2. The number of aromatic nitrogens is 1. The van der Waals surface area contributed by atoms with Crippen molar-refractivity contribution in [3.05, 3.63) is 39.4 Å². The average Bonchev–Trinajstić information content (AvgIpc) is 3.24. The highest BCUT2D eigenvalue weighted by molar-refractivity contribution is 7.14. The molecule has 1 aliphatic rings. The Hall–Kier alpha value is -1.66. The van der Waals surface area contributed by atoms with Crippen LogP contribution in [-0.4, -0.2) is 17.7 Å². The number of hydrogen-bond acceptors (Lipinski definition) is 5. The summed E-state index contributed by atoms with van der Waals surface area (Å²) in [5.41, 5.74) is 0.932. The third kappa shape index (κ3) is 4.20. The number of thiophene rings is 1. The van der Waals surface area contributed by atoms with Crippen molar-refractivity contribution in [2.45, 2.75) is 45.8 Å². The van der Waals surface area contributed by atoms with E-state index in [2.05, 4.69) is 24.3 Å². The first-order valence-corrected chi connectivity index (χ1v) is 8.87. The average molecular weight is 334 g/mol. The van der Waals surface area contributed by atoms with Gasteiger partial charge in [0.15, 0.2) is 5.76 Å². The number of carbonyl (C=O) groups excluding carboxylic acids is 1. The lowest BCUT2D eigenvalue weighted by molar-refractivity contribution is 0.0951. The topological polar surface area (TPSA) is 64.4 Å². The summed E-state index contributed by atoms with van der Waals surface area (Å²) in [4.78, 5) is 14.1. The van der Waals surface area contributed by atoms with Crippen LogP contribution in [0.2, 0.25) is 0 Å². The maximum Gasteiger partial charge on any atom is 0.261 e. The van der Waals surface area contributed by atoms with Crippen molar-refractivity contribution in [1.29, 1.82) is 0 Å². The highest BCUT2D eigenvalue weighted by Gasteiger charge is 2.21. The lowest BCUT2D eigenvalue weighted by Crippen LogP contribution is -2.21. The van der Waals surface area contributed by atoms with E-state index in [4.69, 9.17) is 9.26 Å². The highest BCUT2D eigenvalue weighted by atomic mass is 32.1. The van der Waals surface area contributed by atoms with Gasteiger partial charge in [-0.15, -0.1) is 11.3 Å². The first kappa shape index (κ1) is 16.2. The molecule has 0 spiro atoms. The van der Waals surface area contributed by atoms with Gasteiger partial charge < -0.3 is 14.6 Å². The molecule has 1 aliphatic heterocycles. The molecule has 23 heavy (non-hydrogen) atoms. The second-order valence-electron chi connectivity index (χ2n) is 6.27. The van der Waals surface area contributed by atoms with Crippen molar-refractivity contribution >= 4 is 17.2 Å². The van der Waals surface area contributed by atoms with Crippen LogP contribution < -0.4 is 5.32 Å². The molecule has 3 heterocycles. The van der Waals surface area contributed by atoms with Crippen molar-refractivity contribution in [2.24, 2.45) is 5.92 Å². The Morgan fingerprint density at radius 2 is 2.35 bits per heavy atom. The Kier molecular flexibility index (Phi) is 5.13. The number of nitrogens with one attached hydrogen (secondary N) is 1. The Morgan fingerprint density at radius 1 is 1.48 bits per heavy atom. The molecule has 2 aromatic rings. The van der Waals surface area contributed by atoms with E-state index in [-0.39, 0.29) is 12.0 Å². The fraction of sp³-hybridized carbons (Fsp3) is 0.529. The molecule has 6 heteroatoms. The zero-order valence-corrected chi connectivity index (χ0v) is 14.3. The summed E-state index contributed by atoms with van der Waals surface area (Å²) in [6.45, 7) is 5.45. The Morgan fingerprint density at radius 3 is 3.09 bits per heavy atom. The van der Waals surface area contributed by atoms with Crippen molar-refractivity contribution < 1.29 is 14.1 Å². The minimum atomic E-state index is -0.0824. The fourth-order valence-electron chi connectivity index (χ4n) is 2.66. The molecule has 1 fully saturated rings. The van der Waals surface area contributed by atoms with Crippen LogP contribution in [0.4, 0.5) is 0 Å². The number of nitrogens with zero attached hydrogens (tertiary/aromatic N) is 1. The van der Waals surface area contributed by atoms with Gasteiger partial charge in [0.25, 0.3) is 5.91 Å². The van der Waals surface area contributed by atoms with Gasteiger partial charge >= 0.3 is 0 Å². The van der Waals surface area contributed by atoms with Crippen LogP contribution in [0, 0.1) is 5.92 Å². The van der Waals surface area contributed by atoms with E-state index in [1.807, 2.05) is 18.2 Å². The molecule has 0 saturated carbocycles.